The molecule has 0 aromatic heterocycles. The fraction of sp³-hybridized carbons (Fsp3) is 0.385. The van der Waals surface area contributed by atoms with Crippen LogP contribution in [0.5, 0.6) is 0 Å². The highest BCUT2D eigenvalue weighted by Crippen LogP contribution is 2.42. The monoisotopic (exact) mass is 526 g/mol. The van der Waals surface area contributed by atoms with Gasteiger partial charge in [0.1, 0.15) is 0 Å². The molecule has 34 heavy (non-hydrogen) atoms. The molecule has 178 valence electrons. The fourth-order valence-electron chi connectivity index (χ4n) is 4.71. The zero-order valence-electron chi connectivity index (χ0n) is 19.4. The van der Waals surface area contributed by atoms with Gasteiger partial charge in [-0.2, -0.15) is 0 Å². The molecule has 2 aromatic rings. The smallest absolute Gasteiger partial charge is 0.338 e. The van der Waals surface area contributed by atoms with Gasteiger partial charge in [-0.05, 0) is 86.6 Å². The van der Waals surface area contributed by atoms with Crippen molar-refractivity contribution >= 4 is 51.0 Å². The van der Waals surface area contributed by atoms with Crippen LogP contribution in [-0.4, -0.2) is 30.3 Å². The van der Waals surface area contributed by atoms with Crippen LogP contribution in [0.4, 0.5) is 11.4 Å². The Kier molecular flexibility index (Phi) is 6.89. The van der Waals surface area contributed by atoms with Gasteiger partial charge < -0.3 is 10.1 Å². The highest BCUT2D eigenvalue weighted by molar-refractivity contribution is 9.10. The van der Waals surface area contributed by atoms with E-state index in [1.807, 2.05) is 26.0 Å². The van der Waals surface area contributed by atoms with Gasteiger partial charge in [-0.25, -0.2) is 4.79 Å². The van der Waals surface area contributed by atoms with Crippen molar-refractivity contribution in [2.45, 2.75) is 40.0 Å². The van der Waals surface area contributed by atoms with Gasteiger partial charge in [-0.3, -0.25) is 19.3 Å². The number of halogens is 1. The number of hydrogen-bond donors (Lipinski definition) is 1. The number of fused-ring (bicyclic) bond motifs is 1. The molecule has 0 radical (unpaired) electrons. The standard InChI is InChI=1S/C26H27BrN2O5/c1-14-4-9-19-20(10-14)25(32)29(24(19)31)18-7-5-17(6-8-18)26(33)34-13-23(30)28-22-12-15(2)21(27)11-16(22)3/h5-8,11-12,14,19-20H,4,9-10,13H2,1-3H3,(H,28,30)/t14-,19+,20-/m0/s1. The largest absolute Gasteiger partial charge is 0.452 e. The quantitative estimate of drug-likeness (QED) is 0.446. The number of nitrogens with zero attached hydrogens (tertiary/aromatic N) is 1. The third-order valence-corrected chi connectivity index (χ3v) is 7.52. The van der Waals surface area contributed by atoms with Gasteiger partial charge >= 0.3 is 5.97 Å². The Bertz CT molecular complexity index is 1160. The number of esters is 1. The van der Waals surface area contributed by atoms with Crippen LogP contribution in [-0.2, 0) is 19.1 Å². The molecule has 2 aromatic carbocycles. The summed E-state index contributed by atoms with van der Waals surface area (Å²) in [4.78, 5) is 51.6. The molecule has 3 atom stereocenters. The van der Waals surface area contributed by atoms with E-state index in [0.717, 1.165) is 34.9 Å². The Morgan fingerprint density at radius 2 is 1.71 bits per heavy atom. The van der Waals surface area contributed by atoms with Crippen LogP contribution in [0, 0.1) is 31.6 Å². The Balaban J connectivity index is 1.36. The summed E-state index contributed by atoms with van der Waals surface area (Å²) in [6.45, 7) is 5.47. The van der Waals surface area contributed by atoms with Gasteiger partial charge in [-0.1, -0.05) is 22.9 Å². The predicted octanol–water partition coefficient (Wildman–Crippen LogP) is 4.79. The Labute approximate surface area is 207 Å². The molecule has 1 aliphatic carbocycles. The Morgan fingerprint density at radius 1 is 1.03 bits per heavy atom. The third kappa shape index (κ3) is 4.78. The van der Waals surface area contributed by atoms with Crippen LogP contribution >= 0.6 is 15.9 Å². The normalized spacial score (nSPS) is 21.9. The number of hydrogen-bond acceptors (Lipinski definition) is 5. The summed E-state index contributed by atoms with van der Waals surface area (Å²) < 4.78 is 6.09. The minimum absolute atomic E-state index is 0.160. The van der Waals surface area contributed by atoms with Gasteiger partial charge in [0.2, 0.25) is 11.8 Å². The lowest BCUT2D eigenvalue weighted by Crippen LogP contribution is -2.30. The first-order chi connectivity index (χ1) is 16.2. The van der Waals surface area contributed by atoms with Crippen LogP contribution < -0.4 is 10.2 Å². The van der Waals surface area contributed by atoms with E-state index in [0.29, 0.717) is 17.3 Å². The van der Waals surface area contributed by atoms with E-state index in [-0.39, 0.29) is 29.2 Å². The number of rotatable bonds is 5. The number of ether oxygens (including phenoxy) is 1. The first kappa shape index (κ1) is 24.1. The molecule has 1 saturated heterocycles. The van der Waals surface area contributed by atoms with Crippen LogP contribution in [0.3, 0.4) is 0 Å². The van der Waals surface area contributed by atoms with E-state index in [1.165, 1.54) is 17.0 Å². The summed E-state index contributed by atoms with van der Waals surface area (Å²) in [6.07, 6.45) is 2.42. The summed E-state index contributed by atoms with van der Waals surface area (Å²) in [5.74, 6) is -1.49. The molecule has 1 N–H and O–H groups in total. The van der Waals surface area contributed by atoms with Crippen molar-refractivity contribution in [2.75, 3.05) is 16.8 Å². The molecule has 8 heteroatoms. The van der Waals surface area contributed by atoms with Gasteiger partial charge in [0.05, 0.1) is 23.1 Å². The van der Waals surface area contributed by atoms with Crippen LogP contribution in [0.2, 0.25) is 0 Å². The Hall–Kier alpha value is -3.00. The SMILES string of the molecule is Cc1cc(NC(=O)COC(=O)c2ccc(N3C(=O)[C@H]4C[C@@H](C)CC[C@H]4C3=O)cc2)c(C)cc1Br. The van der Waals surface area contributed by atoms with E-state index in [4.69, 9.17) is 4.74 Å². The second-order valence-electron chi connectivity index (χ2n) is 9.23. The van der Waals surface area contributed by atoms with Crippen molar-refractivity contribution in [3.05, 3.63) is 57.6 Å². The first-order valence-corrected chi connectivity index (χ1v) is 12.2. The lowest BCUT2D eigenvalue weighted by molar-refractivity contribution is -0.122. The zero-order valence-corrected chi connectivity index (χ0v) is 21.0. The number of carbonyl (C=O) groups is 4. The van der Waals surface area contributed by atoms with Crippen molar-refractivity contribution in [1.82, 2.24) is 0 Å². The highest BCUT2D eigenvalue weighted by atomic mass is 79.9. The van der Waals surface area contributed by atoms with Crippen molar-refractivity contribution in [2.24, 2.45) is 17.8 Å². The van der Waals surface area contributed by atoms with E-state index in [2.05, 4.69) is 28.2 Å². The van der Waals surface area contributed by atoms with E-state index >= 15 is 0 Å². The molecule has 1 saturated carbocycles. The molecular formula is C26H27BrN2O5. The molecule has 2 aliphatic rings. The number of aryl methyl sites for hydroxylation is 2. The fourth-order valence-corrected chi connectivity index (χ4v) is 5.16. The average Bonchev–Trinajstić information content (AvgIpc) is 3.05. The minimum Gasteiger partial charge on any atom is -0.452 e. The van der Waals surface area contributed by atoms with Gasteiger partial charge in [0, 0.05) is 10.2 Å². The van der Waals surface area contributed by atoms with Crippen LogP contribution in [0.25, 0.3) is 0 Å². The third-order valence-electron chi connectivity index (χ3n) is 6.66. The topological polar surface area (TPSA) is 92.8 Å². The molecule has 7 nitrogen and oxygen atoms in total. The summed E-state index contributed by atoms with van der Waals surface area (Å²) >= 11 is 3.45. The molecule has 0 spiro atoms. The van der Waals surface area contributed by atoms with Crippen molar-refractivity contribution in [1.29, 1.82) is 0 Å². The number of amides is 3. The first-order valence-electron chi connectivity index (χ1n) is 11.4. The maximum Gasteiger partial charge on any atom is 0.338 e. The van der Waals surface area contributed by atoms with Crippen LogP contribution in [0.1, 0.15) is 47.7 Å². The number of imide groups is 1. The molecule has 3 amide bonds. The number of benzene rings is 2. The lowest BCUT2D eigenvalue weighted by atomic mass is 9.76. The zero-order chi connectivity index (χ0) is 24.6. The minimum atomic E-state index is -0.660. The summed E-state index contributed by atoms with van der Waals surface area (Å²) in [5.41, 5.74) is 3.19. The average molecular weight is 527 g/mol. The van der Waals surface area contributed by atoms with Crippen molar-refractivity contribution in [3.63, 3.8) is 0 Å². The van der Waals surface area contributed by atoms with Crippen molar-refractivity contribution in [3.8, 4) is 0 Å². The molecular weight excluding hydrogens is 500 g/mol. The molecule has 0 unspecified atom stereocenters. The maximum absolute atomic E-state index is 12.9. The van der Waals surface area contributed by atoms with Gasteiger partial charge in [0.25, 0.3) is 5.91 Å². The van der Waals surface area contributed by atoms with E-state index in [9.17, 15) is 19.2 Å². The summed E-state index contributed by atoms with van der Waals surface area (Å²) in [5, 5.41) is 2.75. The van der Waals surface area contributed by atoms with E-state index < -0.39 is 18.5 Å². The predicted molar refractivity (Wildman–Crippen MR) is 131 cm³/mol. The van der Waals surface area contributed by atoms with Crippen molar-refractivity contribution < 1.29 is 23.9 Å². The van der Waals surface area contributed by atoms with Gasteiger partial charge in [-0.15, -0.1) is 0 Å². The number of carbonyl (C=O) groups excluding carboxylic acids is 4. The lowest BCUT2D eigenvalue weighted by Gasteiger charge is -2.25. The molecule has 0 bridgehead atoms. The molecule has 4 rings (SSSR count). The molecule has 2 fully saturated rings. The maximum atomic E-state index is 12.9. The van der Waals surface area contributed by atoms with Gasteiger partial charge in [0.15, 0.2) is 6.61 Å². The molecule has 1 heterocycles. The van der Waals surface area contributed by atoms with E-state index in [1.54, 1.807) is 12.1 Å². The molecule has 1 aliphatic heterocycles. The summed E-state index contributed by atoms with van der Waals surface area (Å²) in [6, 6.07) is 9.90. The second-order valence-corrected chi connectivity index (χ2v) is 10.1. The summed E-state index contributed by atoms with van der Waals surface area (Å²) in [7, 11) is 0. The Morgan fingerprint density at radius 3 is 2.41 bits per heavy atom. The van der Waals surface area contributed by atoms with Crippen LogP contribution in [0.15, 0.2) is 40.9 Å². The number of anilines is 2. The number of nitrogens with one attached hydrogen (secondary N) is 1. The highest BCUT2D eigenvalue weighted by Gasteiger charge is 2.49. The second kappa shape index (κ2) is 9.70.